The van der Waals surface area contributed by atoms with Crippen molar-refractivity contribution in [1.29, 1.82) is 0 Å². The van der Waals surface area contributed by atoms with Crippen molar-refractivity contribution in [3.05, 3.63) is 29.3 Å². The first-order chi connectivity index (χ1) is 14.9. The molecule has 172 valence electrons. The molecule has 1 N–H and O–H groups in total. The molecule has 0 aromatic heterocycles. The summed E-state index contributed by atoms with van der Waals surface area (Å²) < 4.78 is 27.9. The monoisotopic (exact) mass is 466 g/mol. The molecule has 5 rings (SSSR count). The zero-order chi connectivity index (χ0) is 22.0. The summed E-state index contributed by atoms with van der Waals surface area (Å²) >= 11 is 6.17. The van der Waals surface area contributed by atoms with Gasteiger partial charge in [0.2, 0.25) is 15.9 Å². The normalized spacial score (nSPS) is 31.5. The lowest BCUT2D eigenvalue weighted by Crippen LogP contribution is -2.41. The Labute approximate surface area is 192 Å². The SMILES string of the molecule is CCC1CC2CC(C2)C[C@H](C(=O)NCCC2CCCN2S(=O)(=O)c2ccccc2Cl)C1. The Morgan fingerprint density at radius 3 is 2.61 bits per heavy atom. The molecule has 1 heterocycles. The molecule has 0 radical (unpaired) electrons. The number of sulfonamides is 1. The van der Waals surface area contributed by atoms with Crippen molar-refractivity contribution in [2.75, 3.05) is 13.1 Å². The van der Waals surface area contributed by atoms with Crippen LogP contribution in [0.5, 0.6) is 0 Å². The molecular formula is C24H35ClN2O3S. The molecule has 7 heteroatoms. The minimum Gasteiger partial charge on any atom is -0.356 e. The van der Waals surface area contributed by atoms with Gasteiger partial charge in [-0.2, -0.15) is 4.31 Å². The van der Waals surface area contributed by atoms with Crippen LogP contribution in [0.15, 0.2) is 29.2 Å². The molecule has 5 nitrogen and oxygen atoms in total. The molecule has 0 spiro atoms. The van der Waals surface area contributed by atoms with Crippen LogP contribution in [0.2, 0.25) is 5.02 Å². The number of carbonyl (C=O) groups is 1. The number of fused-ring (bicyclic) bond motifs is 4. The number of hydrogen-bond acceptors (Lipinski definition) is 3. The van der Waals surface area contributed by atoms with Crippen LogP contribution in [0, 0.1) is 23.7 Å². The molecule has 1 aromatic rings. The summed E-state index contributed by atoms with van der Waals surface area (Å²) in [5, 5.41) is 3.41. The van der Waals surface area contributed by atoms with Gasteiger partial charge < -0.3 is 5.32 Å². The number of nitrogens with one attached hydrogen (secondary N) is 1. The molecule has 1 aromatic carbocycles. The first kappa shape index (κ1) is 23.1. The number of benzene rings is 1. The zero-order valence-electron chi connectivity index (χ0n) is 18.4. The van der Waals surface area contributed by atoms with Crippen LogP contribution in [-0.2, 0) is 14.8 Å². The molecule has 1 saturated heterocycles. The number of halogens is 1. The highest BCUT2D eigenvalue weighted by atomic mass is 35.5. The molecule has 2 bridgehead atoms. The standard InChI is InChI=1S/C24H35ClN2O3S/c1-2-17-12-18-13-19(14-18)16-20(15-17)24(28)26-10-9-21-6-5-11-27(21)31(29,30)23-8-4-3-7-22(23)25/h3-4,7-8,17-21H,2,5-6,9-16H2,1H3,(H,26,28)/t17?,18?,19?,20-,21?/m1/s1. The Morgan fingerprint density at radius 2 is 1.87 bits per heavy atom. The van der Waals surface area contributed by atoms with E-state index in [0.29, 0.717) is 25.4 Å². The van der Waals surface area contributed by atoms with E-state index < -0.39 is 10.0 Å². The fourth-order valence-corrected chi connectivity index (χ4v) is 8.19. The third-order valence-electron chi connectivity index (χ3n) is 7.71. The van der Waals surface area contributed by atoms with Crippen LogP contribution in [-0.4, -0.2) is 37.8 Å². The Hall–Kier alpha value is -1.11. The predicted molar refractivity (Wildman–Crippen MR) is 123 cm³/mol. The molecule has 4 fully saturated rings. The van der Waals surface area contributed by atoms with Crippen molar-refractivity contribution < 1.29 is 13.2 Å². The van der Waals surface area contributed by atoms with Crippen molar-refractivity contribution in [3.63, 3.8) is 0 Å². The van der Waals surface area contributed by atoms with E-state index in [1.165, 1.54) is 19.3 Å². The van der Waals surface area contributed by atoms with E-state index in [9.17, 15) is 13.2 Å². The number of rotatable bonds is 7. The van der Waals surface area contributed by atoms with Gasteiger partial charge >= 0.3 is 0 Å². The van der Waals surface area contributed by atoms with Gasteiger partial charge in [-0.15, -0.1) is 0 Å². The summed E-state index contributed by atoms with van der Waals surface area (Å²) in [6.07, 6.45) is 9.38. The minimum absolute atomic E-state index is 0.0883. The molecule has 3 aliphatic carbocycles. The predicted octanol–water partition coefficient (Wildman–Crippen LogP) is 4.85. The zero-order valence-corrected chi connectivity index (χ0v) is 20.0. The van der Waals surface area contributed by atoms with Crippen LogP contribution < -0.4 is 5.32 Å². The highest BCUT2D eigenvalue weighted by Gasteiger charge is 2.39. The van der Waals surface area contributed by atoms with Gasteiger partial charge in [0, 0.05) is 25.0 Å². The highest BCUT2D eigenvalue weighted by molar-refractivity contribution is 7.89. The minimum atomic E-state index is -3.62. The van der Waals surface area contributed by atoms with Crippen molar-refractivity contribution in [2.45, 2.75) is 75.6 Å². The van der Waals surface area contributed by atoms with Crippen LogP contribution in [0.1, 0.15) is 64.7 Å². The van der Waals surface area contributed by atoms with Gasteiger partial charge in [0.15, 0.2) is 0 Å². The lowest BCUT2D eigenvalue weighted by atomic mass is 9.63. The van der Waals surface area contributed by atoms with Gasteiger partial charge in [-0.1, -0.05) is 37.1 Å². The lowest BCUT2D eigenvalue weighted by Gasteiger charge is -2.42. The van der Waals surface area contributed by atoms with E-state index >= 15 is 0 Å². The number of hydrogen-bond donors (Lipinski definition) is 1. The van der Waals surface area contributed by atoms with E-state index in [1.54, 1.807) is 28.6 Å². The summed E-state index contributed by atoms with van der Waals surface area (Å²) in [5.41, 5.74) is 0. The van der Waals surface area contributed by atoms with Crippen molar-refractivity contribution in [3.8, 4) is 0 Å². The summed E-state index contributed by atoms with van der Waals surface area (Å²) in [7, 11) is -3.62. The average Bonchev–Trinajstić information content (AvgIpc) is 3.16. The summed E-state index contributed by atoms with van der Waals surface area (Å²) in [6, 6.07) is 6.53. The molecule has 31 heavy (non-hydrogen) atoms. The molecular weight excluding hydrogens is 432 g/mol. The molecule has 4 aliphatic rings. The van der Waals surface area contributed by atoms with Gasteiger partial charge in [0.25, 0.3) is 0 Å². The average molecular weight is 467 g/mol. The summed E-state index contributed by atoms with van der Waals surface area (Å²) in [5.74, 6) is 2.56. The second-order valence-electron chi connectivity index (χ2n) is 9.80. The number of amides is 1. The van der Waals surface area contributed by atoms with Gasteiger partial charge in [0.1, 0.15) is 4.90 Å². The maximum atomic E-state index is 13.1. The van der Waals surface area contributed by atoms with Crippen LogP contribution in [0.4, 0.5) is 0 Å². The fraction of sp³-hybridized carbons (Fsp3) is 0.708. The Bertz CT molecular complexity index is 885. The maximum absolute atomic E-state index is 13.1. The third-order valence-corrected chi connectivity index (χ3v) is 10.2. The molecule has 1 amide bonds. The van der Waals surface area contributed by atoms with E-state index in [-0.39, 0.29) is 27.8 Å². The van der Waals surface area contributed by atoms with Crippen LogP contribution >= 0.6 is 11.6 Å². The summed E-state index contributed by atoms with van der Waals surface area (Å²) in [4.78, 5) is 13.1. The topological polar surface area (TPSA) is 66.5 Å². The number of nitrogens with zero attached hydrogens (tertiary/aromatic N) is 1. The van der Waals surface area contributed by atoms with E-state index in [2.05, 4.69) is 12.2 Å². The molecule has 3 saturated carbocycles. The van der Waals surface area contributed by atoms with Gasteiger partial charge in [-0.3, -0.25) is 4.79 Å². The largest absolute Gasteiger partial charge is 0.356 e. The van der Waals surface area contributed by atoms with Crippen LogP contribution in [0.25, 0.3) is 0 Å². The van der Waals surface area contributed by atoms with Crippen LogP contribution in [0.3, 0.4) is 0 Å². The Balaban J connectivity index is 1.33. The number of carbonyl (C=O) groups excluding carboxylic acids is 1. The first-order valence-electron chi connectivity index (χ1n) is 11.9. The van der Waals surface area contributed by atoms with E-state index in [4.69, 9.17) is 11.6 Å². The van der Waals surface area contributed by atoms with Gasteiger partial charge in [-0.25, -0.2) is 8.42 Å². The van der Waals surface area contributed by atoms with Crippen molar-refractivity contribution in [1.82, 2.24) is 9.62 Å². The Morgan fingerprint density at radius 1 is 1.13 bits per heavy atom. The van der Waals surface area contributed by atoms with Gasteiger partial charge in [-0.05, 0) is 81.3 Å². The smallest absolute Gasteiger partial charge is 0.244 e. The molecule has 3 atom stereocenters. The Kier molecular flexibility index (Phi) is 7.29. The van der Waals surface area contributed by atoms with Crippen molar-refractivity contribution in [2.24, 2.45) is 23.7 Å². The quantitative estimate of drug-likeness (QED) is 0.624. The van der Waals surface area contributed by atoms with Crippen molar-refractivity contribution >= 4 is 27.5 Å². The van der Waals surface area contributed by atoms with Gasteiger partial charge in [0.05, 0.1) is 5.02 Å². The molecule has 2 unspecified atom stereocenters. The molecule has 1 aliphatic heterocycles. The fourth-order valence-electron chi connectivity index (χ4n) is 5.98. The maximum Gasteiger partial charge on any atom is 0.244 e. The second kappa shape index (κ2) is 9.80. The lowest BCUT2D eigenvalue weighted by molar-refractivity contribution is -0.127. The van der Waals surface area contributed by atoms with E-state index in [1.807, 2.05) is 0 Å². The highest BCUT2D eigenvalue weighted by Crippen LogP contribution is 2.46. The van der Waals surface area contributed by atoms with E-state index in [0.717, 1.165) is 43.9 Å². The second-order valence-corrected chi connectivity index (χ2v) is 12.1. The first-order valence-corrected chi connectivity index (χ1v) is 13.7. The third kappa shape index (κ3) is 5.12. The summed E-state index contributed by atoms with van der Waals surface area (Å²) in [6.45, 7) is 3.28.